The second-order valence-corrected chi connectivity index (χ2v) is 7.48. The first-order chi connectivity index (χ1) is 11.4. The van der Waals surface area contributed by atoms with E-state index >= 15 is 0 Å². The molecule has 3 rings (SSSR count). The number of carbonyl (C=O) groups is 1. The number of sulfone groups is 1. The Labute approximate surface area is 140 Å². The zero-order valence-electron chi connectivity index (χ0n) is 13.1. The first kappa shape index (κ1) is 16.3. The SMILES string of the molecule is CS(=O)(=O)c1ccnc(NC(=O)NCc2cccc3c2OCC3)c1. The predicted molar refractivity (Wildman–Crippen MR) is 88.8 cm³/mol. The molecule has 1 aromatic carbocycles. The van der Waals surface area contributed by atoms with E-state index in [1.165, 1.54) is 18.3 Å². The molecule has 7 nitrogen and oxygen atoms in total. The first-order valence-corrected chi connectivity index (χ1v) is 9.27. The number of nitrogens with zero attached hydrogens (tertiary/aromatic N) is 1. The Morgan fingerprint density at radius 3 is 2.96 bits per heavy atom. The van der Waals surface area contributed by atoms with Gasteiger partial charge in [-0.2, -0.15) is 0 Å². The predicted octanol–water partition coefficient (Wildman–Crippen LogP) is 1.74. The zero-order chi connectivity index (χ0) is 17.2. The fraction of sp³-hybridized carbons (Fsp3) is 0.250. The summed E-state index contributed by atoms with van der Waals surface area (Å²) in [7, 11) is -3.35. The molecule has 1 aliphatic heterocycles. The van der Waals surface area contributed by atoms with Gasteiger partial charge in [-0.05, 0) is 17.7 Å². The van der Waals surface area contributed by atoms with Crippen molar-refractivity contribution in [3.05, 3.63) is 47.7 Å². The number of amides is 2. The Bertz CT molecular complexity index is 881. The summed E-state index contributed by atoms with van der Waals surface area (Å²) >= 11 is 0. The lowest BCUT2D eigenvalue weighted by atomic mass is 10.1. The molecule has 0 fully saturated rings. The van der Waals surface area contributed by atoms with Crippen LogP contribution in [0.2, 0.25) is 0 Å². The first-order valence-electron chi connectivity index (χ1n) is 7.38. The van der Waals surface area contributed by atoms with Crippen LogP contribution >= 0.6 is 0 Å². The third-order valence-electron chi connectivity index (χ3n) is 3.64. The molecule has 0 bridgehead atoms. The van der Waals surface area contributed by atoms with Gasteiger partial charge in [0.1, 0.15) is 11.6 Å². The fourth-order valence-electron chi connectivity index (χ4n) is 2.47. The highest BCUT2D eigenvalue weighted by atomic mass is 32.2. The van der Waals surface area contributed by atoms with E-state index in [0.717, 1.165) is 29.6 Å². The number of benzene rings is 1. The highest BCUT2D eigenvalue weighted by molar-refractivity contribution is 7.90. The highest BCUT2D eigenvalue weighted by Gasteiger charge is 2.16. The number of nitrogens with one attached hydrogen (secondary N) is 2. The van der Waals surface area contributed by atoms with Crippen LogP contribution in [0.5, 0.6) is 5.75 Å². The molecule has 0 unspecified atom stereocenters. The van der Waals surface area contributed by atoms with Gasteiger partial charge < -0.3 is 10.1 Å². The average molecular weight is 347 g/mol. The van der Waals surface area contributed by atoms with Crippen molar-refractivity contribution < 1.29 is 17.9 Å². The number of rotatable bonds is 4. The van der Waals surface area contributed by atoms with Crippen LogP contribution in [0.4, 0.5) is 10.6 Å². The second-order valence-electron chi connectivity index (χ2n) is 5.46. The van der Waals surface area contributed by atoms with Crippen LogP contribution in [0.15, 0.2) is 41.4 Å². The van der Waals surface area contributed by atoms with E-state index in [1.807, 2.05) is 18.2 Å². The van der Waals surface area contributed by atoms with Gasteiger partial charge in [-0.3, -0.25) is 5.32 Å². The van der Waals surface area contributed by atoms with Crippen molar-refractivity contribution in [3.63, 3.8) is 0 Å². The molecule has 8 heteroatoms. The summed E-state index contributed by atoms with van der Waals surface area (Å²) in [6, 6.07) is 8.06. The van der Waals surface area contributed by atoms with Crippen LogP contribution < -0.4 is 15.4 Å². The number of ether oxygens (including phenoxy) is 1. The summed E-state index contributed by atoms with van der Waals surface area (Å²) in [5.41, 5.74) is 2.04. The summed E-state index contributed by atoms with van der Waals surface area (Å²) in [5, 5.41) is 5.24. The average Bonchev–Trinajstić information content (AvgIpc) is 3.01. The maximum Gasteiger partial charge on any atom is 0.320 e. The van der Waals surface area contributed by atoms with Gasteiger partial charge in [0, 0.05) is 31.0 Å². The molecule has 0 radical (unpaired) electrons. The van der Waals surface area contributed by atoms with Crippen molar-refractivity contribution in [2.24, 2.45) is 0 Å². The smallest absolute Gasteiger partial charge is 0.320 e. The fourth-order valence-corrected chi connectivity index (χ4v) is 3.10. The van der Waals surface area contributed by atoms with E-state index in [4.69, 9.17) is 4.74 Å². The van der Waals surface area contributed by atoms with Crippen LogP contribution in [0.25, 0.3) is 0 Å². The van der Waals surface area contributed by atoms with Gasteiger partial charge >= 0.3 is 6.03 Å². The molecule has 0 saturated carbocycles. The lowest BCUT2D eigenvalue weighted by molar-refractivity contribution is 0.251. The van der Waals surface area contributed by atoms with Gasteiger partial charge in [0.25, 0.3) is 0 Å². The molecule has 0 aliphatic carbocycles. The van der Waals surface area contributed by atoms with Gasteiger partial charge in [0.2, 0.25) is 0 Å². The van der Waals surface area contributed by atoms with E-state index in [9.17, 15) is 13.2 Å². The van der Waals surface area contributed by atoms with E-state index in [0.29, 0.717) is 13.2 Å². The molecule has 1 aliphatic rings. The number of anilines is 1. The van der Waals surface area contributed by atoms with E-state index in [-0.39, 0.29) is 10.7 Å². The molecule has 1 aromatic heterocycles. The third-order valence-corrected chi connectivity index (χ3v) is 4.75. The molecule has 0 spiro atoms. The molecule has 2 heterocycles. The Balaban J connectivity index is 1.64. The molecular formula is C16H17N3O4S. The standard InChI is InChI=1S/C16H17N3O4S/c1-24(21,22)13-5-7-17-14(9-13)19-16(20)18-10-12-4-2-3-11-6-8-23-15(11)12/h2-5,7,9H,6,8,10H2,1H3,(H2,17,18,19,20). The molecule has 126 valence electrons. The van der Waals surface area contributed by atoms with Crippen LogP contribution in [0, 0.1) is 0 Å². The minimum atomic E-state index is -3.35. The Morgan fingerprint density at radius 1 is 1.33 bits per heavy atom. The van der Waals surface area contributed by atoms with Crippen molar-refractivity contribution in [1.82, 2.24) is 10.3 Å². The third kappa shape index (κ3) is 3.65. The number of aromatic nitrogens is 1. The van der Waals surface area contributed by atoms with Crippen molar-refractivity contribution in [1.29, 1.82) is 0 Å². The Hall–Kier alpha value is -2.61. The monoisotopic (exact) mass is 347 g/mol. The minimum absolute atomic E-state index is 0.0991. The number of hydrogen-bond donors (Lipinski definition) is 2. The summed E-state index contributed by atoms with van der Waals surface area (Å²) in [6.07, 6.45) is 3.31. The lowest BCUT2D eigenvalue weighted by Gasteiger charge is -2.10. The zero-order valence-corrected chi connectivity index (χ0v) is 13.9. The van der Waals surface area contributed by atoms with Crippen LogP contribution in [-0.2, 0) is 22.8 Å². The molecular weight excluding hydrogens is 330 g/mol. The van der Waals surface area contributed by atoms with Crippen molar-refractivity contribution in [3.8, 4) is 5.75 Å². The van der Waals surface area contributed by atoms with Crippen molar-refractivity contribution in [2.75, 3.05) is 18.2 Å². The van der Waals surface area contributed by atoms with E-state index in [1.54, 1.807) is 0 Å². The molecule has 0 saturated heterocycles. The number of carbonyl (C=O) groups excluding carboxylic acids is 1. The lowest BCUT2D eigenvalue weighted by Crippen LogP contribution is -2.28. The maximum absolute atomic E-state index is 12.0. The topological polar surface area (TPSA) is 97.4 Å². The largest absolute Gasteiger partial charge is 0.493 e. The summed E-state index contributed by atoms with van der Waals surface area (Å²) < 4.78 is 28.6. The number of pyridine rings is 1. The number of urea groups is 1. The van der Waals surface area contributed by atoms with Gasteiger partial charge in [-0.25, -0.2) is 18.2 Å². The van der Waals surface area contributed by atoms with Crippen LogP contribution in [0.3, 0.4) is 0 Å². The van der Waals surface area contributed by atoms with Gasteiger partial charge in [0.15, 0.2) is 9.84 Å². The molecule has 0 atom stereocenters. The summed E-state index contributed by atoms with van der Waals surface area (Å²) in [6.45, 7) is 0.960. The van der Waals surface area contributed by atoms with Gasteiger partial charge in [-0.1, -0.05) is 18.2 Å². The van der Waals surface area contributed by atoms with Gasteiger partial charge in [0.05, 0.1) is 11.5 Å². The number of hydrogen-bond acceptors (Lipinski definition) is 5. The molecule has 24 heavy (non-hydrogen) atoms. The molecule has 2 amide bonds. The van der Waals surface area contributed by atoms with Crippen molar-refractivity contribution >= 4 is 21.7 Å². The number of para-hydroxylation sites is 1. The Kier molecular flexibility index (Phi) is 4.39. The van der Waals surface area contributed by atoms with Crippen LogP contribution in [0.1, 0.15) is 11.1 Å². The van der Waals surface area contributed by atoms with Gasteiger partial charge in [-0.15, -0.1) is 0 Å². The summed E-state index contributed by atoms with van der Waals surface area (Å²) in [4.78, 5) is 16.0. The van der Waals surface area contributed by atoms with Crippen molar-refractivity contribution in [2.45, 2.75) is 17.9 Å². The summed E-state index contributed by atoms with van der Waals surface area (Å²) in [5.74, 6) is 1.000. The minimum Gasteiger partial charge on any atom is -0.493 e. The quantitative estimate of drug-likeness (QED) is 0.878. The van der Waals surface area contributed by atoms with E-state index < -0.39 is 15.9 Å². The van der Waals surface area contributed by atoms with E-state index in [2.05, 4.69) is 15.6 Å². The van der Waals surface area contributed by atoms with Crippen LogP contribution in [-0.4, -0.2) is 32.3 Å². The Morgan fingerprint density at radius 2 is 2.17 bits per heavy atom. The maximum atomic E-state index is 12.0. The molecule has 2 aromatic rings. The highest BCUT2D eigenvalue weighted by Crippen LogP contribution is 2.29. The normalized spacial score (nSPS) is 13.0. The molecule has 2 N–H and O–H groups in total. The second kappa shape index (κ2) is 6.48. The number of fused-ring (bicyclic) bond motifs is 1.